The average molecular weight is 258 g/mol. The smallest absolute Gasteiger partial charge is 0.258 e. The Labute approximate surface area is 111 Å². The van der Waals surface area contributed by atoms with Crippen LogP contribution in [0.2, 0.25) is 0 Å². The Morgan fingerprint density at radius 2 is 2.26 bits per heavy atom. The van der Waals surface area contributed by atoms with Crippen LogP contribution in [0, 0.1) is 5.92 Å². The topological polar surface area (TPSA) is 75.0 Å². The molecule has 0 radical (unpaired) electrons. The van der Waals surface area contributed by atoms with Gasteiger partial charge >= 0.3 is 0 Å². The zero-order valence-corrected chi connectivity index (χ0v) is 11.0. The van der Waals surface area contributed by atoms with E-state index >= 15 is 0 Å². The third kappa shape index (κ3) is 2.28. The van der Waals surface area contributed by atoms with Crippen LogP contribution in [0.3, 0.4) is 0 Å². The largest absolute Gasteiger partial charge is 0.397 e. The second kappa shape index (κ2) is 4.57. The van der Waals surface area contributed by atoms with Gasteiger partial charge in [0.2, 0.25) is 0 Å². The third-order valence-electron chi connectivity index (χ3n) is 3.69. The molecule has 1 aromatic heterocycles. The van der Waals surface area contributed by atoms with Crippen molar-refractivity contribution in [2.75, 3.05) is 23.7 Å². The molecule has 1 aromatic carbocycles. The second-order valence-electron chi connectivity index (χ2n) is 5.14. The number of hydrogen-bond donors (Lipinski definition) is 2. The molecule has 0 saturated heterocycles. The summed E-state index contributed by atoms with van der Waals surface area (Å²) in [5, 5.41) is 0.547. The van der Waals surface area contributed by atoms with Gasteiger partial charge < -0.3 is 15.6 Å². The van der Waals surface area contributed by atoms with E-state index in [0.717, 1.165) is 24.7 Å². The van der Waals surface area contributed by atoms with Gasteiger partial charge in [0.15, 0.2) is 0 Å². The molecule has 0 unspecified atom stereocenters. The summed E-state index contributed by atoms with van der Waals surface area (Å²) in [7, 11) is 0. The lowest BCUT2D eigenvalue weighted by Gasteiger charge is -2.24. The highest BCUT2D eigenvalue weighted by Gasteiger charge is 2.24. The molecule has 1 aliphatic carbocycles. The first-order chi connectivity index (χ1) is 9.19. The van der Waals surface area contributed by atoms with Gasteiger partial charge in [-0.25, -0.2) is 4.98 Å². The predicted octanol–water partition coefficient (Wildman–Crippen LogP) is 1.74. The molecule has 1 heterocycles. The molecule has 5 nitrogen and oxygen atoms in total. The summed E-state index contributed by atoms with van der Waals surface area (Å²) in [6, 6.07) is 3.65. The zero-order chi connectivity index (χ0) is 13.4. The molecule has 0 bridgehead atoms. The van der Waals surface area contributed by atoms with Crippen molar-refractivity contribution in [2.45, 2.75) is 19.8 Å². The van der Waals surface area contributed by atoms with E-state index in [0.29, 0.717) is 16.6 Å². The molecule has 19 heavy (non-hydrogen) atoms. The van der Waals surface area contributed by atoms with Crippen LogP contribution < -0.4 is 16.2 Å². The predicted molar refractivity (Wildman–Crippen MR) is 77.4 cm³/mol. The van der Waals surface area contributed by atoms with Gasteiger partial charge in [-0.3, -0.25) is 4.79 Å². The van der Waals surface area contributed by atoms with Crippen molar-refractivity contribution in [3.05, 3.63) is 28.8 Å². The first kappa shape index (κ1) is 12.0. The number of nitrogens with two attached hydrogens (primary N) is 1. The second-order valence-corrected chi connectivity index (χ2v) is 5.14. The zero-order valence-electron chi connectivity index (χ0n) is 11.0. The summed E-state index contributed by atoms with van der Waals surface area (Å²) >= 11 is 0. The molecular weight excluding hydrogens is 240 g/mol. The van der Waals surface area contributed by atoms with Crippen LogP contribution in [-0.4, -0.2) is 23.1 Å². The monoisotopic (exact) mass is 258 g/mol. The molecule has 1 fully saturated rings. The van der Waals surface area contributed by atoms with Crippen molar-refractivity contribution < 1.29 is 0 Å². The van der Waals surface area contributed by atoms with Crippen molar-refractivity contribution >= 4 is 22.3 Å². The van der Waals surface area contributed by atoms with Gasteiger partial charge in [0.25, 0.3) is 5.56 Å². The van der Waals surface area contributed by atoms with E-state index in [2.05, 4.69) is 21.8 Å². The molecule has 0 aliphatic heterocycles. The maximum Gasteiger partial charge on any atom is 0.258 e. The molecule has 5 heteroatoms. The summed E-state index contributed by atoms with van der Waals surface area (Å²) in [4.78, 5) is 20.8. The molecule has 2 aromatic rings. The minimum Gasteiger partial charge on any atom is -0.397 e. The molecule has 100 valence electrons. The Hall–Kier alpha value is -2.04. The van der Waals surface area contributed by atoms with E-state index in [1.54, 1.807) is 6.07 Å². The van der Waals surface area contributed by atoms with Crippen molar-refractivity contribution in [1.82, 2.24) is 9.97 Å². The van der Waals surface area contributed by atoms with Crippen LogP contribution in [0.1, 0.15) is 19.8 Å². The van der Waals surface area contributed by atoms with Gasteiger partial charge in [0.1, 0.15) is 0 Å². The molecule has 3 N–H and O–H groups in total. The van der Waals surface area contributed by atoms with Gasteiger partial charge in [-0.1, -0.05) is 0 Å². The van der Waals surface area contributed by atoms with Crippen LogP contribution in [0.5, 0.6) is 0 Å². The van der Waals surface area contributed by atoms with Gasteiger partial charge in [-0.05, 0) is 37.8 Å². The van der Waals surface area contributed by atoms with E-state index in [4.69, 9.17) is 5.73 Å². The van der Waals surface area contributed by atoms with E-state index in [9.17, 15) is 4.79 Å². The number of aromatic nitrogens is 2. The molecule has 0 spiro atoms. The first-order valence-electron chi connectivity index (χ1n) is 6.71. The van der Waals surface area contributed by atoms with Gasteiger partial charge in [-0.2, -0.15) is 0 Å². The number of rotatable bonds is 4. The highest BCUT2D eigenvalue weighted by molar-refractivity contribution is 5.88. The average Bonchev–Trinajstić information content (AvgIpc) is 3.21. The van der Waals surface area contributed by atoms with Gasteiger partial charge in [0.05, 0.1) is 28.6 Å². The molecule has 0 atom stereocenters. The first-order valence-corrected chi connectivity index (χ1v) is 6.71. The summed E-state index contributed by atoms with van der Waals surface area (Å²) in [5.74, 6) is 0.794. The highest BCUT2D eigenvalue weighted by Crippen LogP contribution is 2.34. The lowest BCUT2D eigenvalue weighted by atomic mass is 10.1. The Morgan fingerprint density at radius 1 is 1.47 bits per heavy atom. The van der Waals surface area contributed by atoms with Crippen LogP contribution in [0.25, 0.3) is 10.9 Å². The minimum absolute atomic E-state index is 0.145. The standard InChI is InChI=1S/C14H18N4O/c1-2-18(7-9-3-4-9)13-6-12-10(5-11(13)15)14(19)17-8-16-12/h5-6,8-9H,2-4,7,15H2,1H3,(H,16,17,19). The van der Waals surface area contributed by atoms with Crippen LogP contribution in [0.15, 0.2) is 23.3 Å². The summed E-state index contributed by atoms with van der Waals surface area (Å²) in [5.41, 5.74) is 8.29. The van der Waals surface area contributed by atoms with Gasteiger partial charge in [0, 0.05) is 13.1 Å². The quantitative estimate of drug-likeness (QED) is 0.819. The summed E-state index contributed by atoms with van der Waals surface area (Å²) in [6.07, 6.45) is 4.05. The normalized spacial score (nSPS) is 14.8. The Morgan fingerprint density at radius 3 is 2.95 bits per heavy atom. The minimum atomic E-state index is -0.145. The third-order valence-corrected chi connectivity index (χ3v) is 3.69. The fraction of sp³-hybridized carbons (Fsp3) is 0.429. The summed E-state index contributed by atoms with van der Waals surface area (Å²) < 4.78 is 0. The SMILES string of the molecule is CCN(CC1CC1)c1cc2nc[nH]c(=O)c2cc1N. The van der Waals surface area contributed by atoms with Crippen molar-refractivity contribution in [3.8, 4) is 0 Å². The van der Waals surface area contributed by atoms with Gasteiger partial charge in [-0.15, -0.1) is 0 Å². The van der Waals surface area contributed by atoms with Crippen molar-refractivity contribution in [3.63, 3.8) is 0 Å². The number of aromatic amines is 1. The van der Waals surface area contributed by atoms with E-state index < -0.39 is 0 Å². The highest BCUT2D eigenvalue weighted by atomic mass is 16.1. The molecule has 1 aliphatic rings. The Kier molecular flexibility index (Phi) is 2.89. The number of hydrogen-bond acceptors (Lipinski definition) is 4. The van der Waals surface area contributed by atoms with E-state index in [-0.39, 0.29) is 5.56 Å². The number of H-pyrrole nitrogens is 1. The number of fused-ring (bicyclic) bond motifs is 1. The number of nitrogen functional groups attached to an aromatic ring is 1. The van der Waals surface area contributed by atoms with Crippen LogP contribution in [-0.2, 0) is 0 Å². The number of nitrogens with one attached hydrogen (secondary N) is 1. The summed E-state index contributed by atoms with van der Waals surface area (Å²) in [6.45, 7) is 4.07. The maximum absolute atomic E-state index is 11.7. The fourth-order valence-corrected chi connectivity index (χ4v) is 2.40. The van der Waals surface area contributed by atoms with Crippen molar-refractivity contribution in [2.24, 2.45) is 5.92 Å². The lowest BCUT2D eigenvalue weighted by molar-refractivity contribution is 0.743. The van der Waals surface area contributed by atoms with Crippen LogP contribution >= 0.6 is 0 Å². The molecule has 0 amide bonds. The Balaban J connectivity index is 2.06. The molecule has 1 saturated carbocycles. The van der Waals surface area contributed by atoms with E-state index in [1.807, 2.05) is 6.07 Å². The lowest BCUT2D eigenvalue weighted by Crippen LogP contribution is -2.26. The number of nitrogens with zero attached hydrogens (tertiary/aromatic N) is 2. The Bertz CT molecular complexity index is 660. The number of benzene rings is 1. The fourth-order valence-electron chi connectivity index (χ4n) is 2.40. The molecule has 3 rings (SSSR count). The maximum atomic E-state index is 11.7. The number of anilines is 2. The van der Waals surface area contributed by atoms with E-state index in [1.165, 1.54) is 19.2 Å². The van der Waals surface area contributed by atoms with Crippen molar-refractivity contribution in [1.29, 1.82) is 0 Å². The molecular formula is C14H18N4O. The van der Waals surface area contributed by atoms with Crippen LogP contribution in [0.4, 0.5) is 11.4 Å².